The van der Waals surface area contributed by atoms with Crippen molar-refractivity contribution in [2.24, 2.45) is 5.92 Å². The van der Waals surface area contributed by atoms with E-state index in [2.05, 4.69) is 5.48 Å². The van der Waals surface area contributed by atoms with Gasteiger partial charge in [-0.25, -0.2) is 0 Å². The molecule has 1 aliphatic heterocycles. The molecular formula is C7H9Cl2NO3. The van der Waals surface area contributed by atoms with E-state index in [0.29, 0.717) is 19.6 Å². The van der Waals surface area contributed by atoms with Crippen LogP contribution in [0.3, 0.4) is 0 Å². The van der Waals surface area contributed by atoms with Gasteiger partial charge in [-0.3, -0.25) is 9.63 Å². The molecule has 2 aliphatic rings. The number of rotatable bonds is 2. The van der Waals surface area contributed by atoms with Crippen molar-refractivity contribution in [3.63, 3.8) is 0 Å². The summed E-state index contributed by atoms with van der Waals surface area (Å²) in [5.74, 6) is -0.696. The van der Waals surface area contributed by atoms with E-state index in [1.165, 1.54) is 0 Å². The standard InChI is InChI=1S/C7H9Cl2NO3/c8-7(9)1-5(7)6(11)13-4-2-10-12-3-4/h4-5,10H,1-3H2/t4-,5?/m0/s1. The van der Waals surface area contributed by atoms with Crippen LogP contribution in [0.15, 0.2) is 0 Å². The van der Waals surface area contributed by atoms with E-state index >= 15 is 0 Å². The summed E-state index contributed by atoms with van der Waals surface area (Å²) in [5.41, 5.74) is 2.61. The predicted octanol–water partition coefficient (Wildman–Crippen LogP) is 0.627. The van der Waals surface area contributed by atoms with Crippen molar-refractivity contribution in [1.82, 2.24) is 5.48 Å². The highest BCUT2D eigenvalue weighted by molar-refractivity contribution is 6.52. The van der Waals surface area contributed by atoms with Crippen molar-refractivity contribution < 1.29 is 14.4 Å². The monoisotopic (exact) mass is 225 g/mol. The molecule has 1 saturated carbocycles. The molecule has 74 valence electrons. The number of nitrogens with one attached hydrogen (secondary N) is 1. The molecule has 0 spiro atoms. The van der Waals surface area contributed by atoms with Gasteiger partial charge < -0.3 is 4.74 Å². The molecule has 0 aromatic heterocycles. The van der Waals surface area contributed by atoms with Gasteiger partial charge in [-0.2, -0.15) is 5.48 Å². The Labute approximate surface area is 85.4 Å². The second-order valence-corrected chi connectivity index (χ2v) is 4.78. The van der Waals surface area contributed by atoms with Gasteiger partial charge in [0.2, 0.25) is 0 Å². The number of hydrogen-bond acceptors (Lipinski definition) is 4. The van der Waals surface area contributed by atoms with E-state index in [9.17, 15) is 4.79 Å². The minimum atomic E-state index is -0.899. The van der Waals surface area contributed by atoms with Gasteiger partial charge in [0.1, 0.15) is 17.0 Å². The third-order valence-corrected chi connectivity index (χ3v) is 2.91. The molecule has 6 heteroatoms. The Morgan fingerprint density at radius 1 is 1.62 bits per heavy atom. The minimum absolute atomic E-state index is 0.211. The van der Waals surface area contributed by atoms with Crippen LogP contribution in [0.5, 0.6) is 0 Å². The zero-order chi connectivity index (χ0) is 9.47. The molecule has 1 saturated heterocycles. The van der Waals surface area contributed by atoms with Crippen molar-refractivity contribution in [1.29, 1.82) is 0 Å². The predicted molar refractivity (Wildman–Crippen MR) is 46.4 cm³/mol. The Kier molecular flexibility index (Phi) is 2.40. The molecule has 1 aliphatic carbocycles. The SMILES string of the molecule is O=C(O[C@H]1CNOC1)C1CC1(Cl)Cl. The summed E-state index contributed by atoms with van der Waals surface area (Å²) < 4.78 is 4.18. The Morgan fingerprint density at radius 2 is 2.31 bits per heavy atom. The van der Waals surface area contributed by atoms with Crippen LogP contribution >= 0.6 is 23.2 Å². The number of carbonyl (C=O) groups excluding carboxylic acids is 1. The molecular weight excluding hydrogens is 217 g/mol. The van der Waals surface area contributed by atoms with Crippen LogP contribution in [0, 0.1) is 5.92 Å². The Morgan fingerprint density at radius 3 is 2.77 bits per heavy atom. The number of halogens is 2. The Bertz CT molecular complexity index is 228. The molecule has 0 bridgehead atoms. The molecule has 0 amide bonds. The largest absolute Gasteiger partial charge is 0.458 e. The fourth-order valence-corrected chi connectivity index (χ4v) is 1.64. The number of hydroxylamine groups is 1. The first-order valence-corrected chi connectivity index (χ1v) is 4.78. The van der Waals surface area contributed by atoms with Gasteiger partial charge in [0, 0.05) is 0 Å². The first-order valence-electron chi connectivity index (χ1n) is 4.02. The lowest BCUT2D eigenvalue weighted by atomic mass is 10.4. The highest BCUT2D eigenvalue weighted by Gasteiger charge is 2.57. The molecule has 0 aromatic rings. The Balaban J connectivity index is 1.79. The van der Waals surface area contributed by atoms with Crippen LogP contribution in [-0.4, -0.2) is 29.6 Å². The summed E-state index contributed by atoms with van der Waals surface area (Å²) in [6.45, 7) is 0.909. The van der Waals surface area contributed by atoms with Gasteiger partial charge in [0.15, 0.2) is 0 Å². The maximum absolute atomic E-state index is 11.3. The summed E-state index contributed by atoms with van der Waals surface area (Å²) in [6.07, 6.45) is 0.271. The van der Waals surface area contributed by atoms with Crippen LogP contribution in [0.2, 0.25) is 0 Å². The van der Waals surface area contributed by atoms with Crippen LogP contribution in [0.25, 0.3) is 0 Å². The van der Waals surface area contributed by atoms with Gasteiger partial charge >= 0.3 is 5.97 Å². The van der Waals surface area contributed by atoms with Gasteiger partial charge in [0.25, 0.3) is 0 Å². The minimum Gasteiger partial charge on any atom is -0.458 e. The van der Waals surface area contributed by atoms with E-state index in [0.717, 1.165) is 0 Å². The van der Waals surface area contributed by atoms with Crippen LogP contribution in [-0.2, 0) is 14.4 Å². The normalized spacial score (nSPS) is 35.8. The molecule has 1 unspecified atom stereocenters. The van der Waals surface area contributed by atoms with E-state index in [1.54, 1.807) is 0 Å². The number of esters is 1. The quantitative estimate of drug-likeness (QED) is 0.554. The average molecular weight is 226 g/mol. The molecule has 2 atom stereocenters. The van der Waals surface area contributed by atoms with Crippen molar-refractivity contribution in [3.05, 3.63) is 0 Å². The van der Waals surface area contributed by atoms with Gasteiger partial charge in [-0.15, -0.1) is 23.2 Å². The number of carbonyl (C=O) groups is 1. The third kappa shape index (κ3) is 2.07. The van der Waals surface area contributed by atoms with Crippen molar-refractivity contribution in [2.45, 2.75) is 16.9 Å². The maximum atomic E-state index is 11.3. The summed E-state index contributed by atoms with van der Waals surface area (Å²) in [5, 5.41) is 0. The van der Waals surface area contributed by atoms with E-state index in [1.807, 2.05) is 0 Å². The zero-order valence-electron chi connectivity index (χ0n) is 6.76. The summed E-state index contributed by atoms with van der Waals surface area (Å²) in [4.78, 5) is 16.1. The molecule has 4 nitrogen and oxygen atoms in total. The molecule has 13 heavy (non-hydrogen) atoms. The number of ether oxygens (including phenoxy) is 1. The summed E-state index contributed by atoms with van der Waals surface area (Å²) >= 11 is 11.4. The fraction of sp³-hybridized carbons (Fsp3) is 0.857. The van der Waals surface area contributed by atoms with Crippen molar-refractivity contribution >= 4 is 29.2 Å². The van der Waals surface area contributed by atoms with Gasteiger partial charge in [-0.05, 0) is 6.42 Å². The van der Waals surface area contributed by atoms with Gasteiger partial charge in [-0.1, -0.05) is 0 Å². The molecule has 2 fully saturated rings. The van der Waals surface area contributed by atoms with Crippen LogP contribution in [0.4, 0.5) is 0 Å². The first kappa shape index (κ1) is 9.52. The number of alkyl halides is 2. The lowest BCUT2D eigenvalue weighted by Crippen LogP contribution is -2.24. The molecule has 2 rings (SSSR count). The second-order valence-electron chi connectivity index (χ2n) is 3.24. The van der Waals surface area contributed by atoms with Crippen LogP contribution < -0.4 is 5.48 Å². The van der Waals surface area contributed by atoms with Gasteiger partial charge in [0.05, 0.1) is 12.5 Å². The first-order chi connectivity index (χ1) is 6.09. The molecule has 1 heterocycles. The average Bonchev–Trinajstić information content (AvgIpc) is 2.49. The highest BCUT2D eigenvalue weighted by Crippen LogP contribution is 2.53. The van der Waals surface area contributed by atoms with E-state index < -0.39 is 4.33 Å². The smallest absolute Gasteiger partial charge is 0.312 e. The third-order valence-electron chi connectivity index (χ3n) is 2.08. The van der Waals surface area contributed by atoms with E-state index in [-0.39, 0.29) is 18.0 Å². The number of hydrogen-bond donors (Lipinski definition) is 1. The summed E-state index contributed by atoms with van der Waals surface area (Å²) in [6, 6.07) is 0. The zero-order valence-corrected chi connectivity index (χ0v) is 8.27. The van der Waals surface area contributed by atoms with Crippen molar-refractivity contribution in [2.75, 3.05) is 13.2 Å². The van der Waals surface area contributed by atoms with Crippen molar-refractivity contribution in [3.8, 4) is 0 Å². The maximum Gasteiger partial charge on any atom is 0.312 e. The van der Waals surface area contributed by atoms with Crippen LogP contribution in [0.1, 0.15) is 6.42 Å². The highest BCUT2D eigenvalue weighted by atomic mass is 35.5. The molecule has 0 radical (unpaired) electrons. The Hall–Kier alpha value is -0.0300. The van der Waals surface area contributed by atoms with E-state index in [4.69, 9.17) is 32.8 Å². The lowest BCUT2D eigenvalue weighted by Gasteiger charge is -2.08. The molecule has 0 aromatic carbocycles. The topological polar surface area (TPSA) is 47.6 Å². The second kappa shape index (κ2) is 3.28. The summed E-state index contributed by atoms with van der Waals surface area (Å²) in [7, 11) is 0. The molecule has 1 N–H and O–H groups in total. The fourth-order valence-electron chi connectivity index (χ4n) is 1.15. The lowest BCUT2D eigenvalue weighted by molar-refractivity contribution is -0.150.